The van der Waals surface area contributed by atoms with Gasteiger partial charge in [-0.05, 0) is 94.2 Å². The van der Waals surface area contributed by atoms with Gasteiger partial charge in [-0.25, -0.2) is 4.79 Å². The van der Waals surface area contributed by atoms with E-state index in [4.69, 9.17) is 10.2 Å². The number of phenolic OH excluding ortho intramolecular Hbond substituents is 1. The van der Waals surface area contributed by atoms with Gasteiger partial charge in [0, 0.05) is 51.6 Å². The zero-order valence-electron chi connectivity index (χ0n) is 52.8. The molecule has 3 aliphatic rings. The average Bonchev–Trinajstić information content (AvgIpc) is 1.60. The van der Waals surface area contributed by atoms with Crippen LogP contribution < -0.4 is 42.5 Å². The molecule has 2 heterocycles. The van der Waals surface area contributed by atoms with Crippen LogP contribution in [0.25, 0.3) is 0 Å². The van der Waals surface area contributed by atoms with Crippen LogP contribution in [0.15, 0.2) is 24.3 Å². The Kier molecular flexibility index (Phi) is 31.0. The van der Waals surface area contributed by atoms with E-state index in [1.54, 1.807) is 13.8 Å². The molecule has 2 aliphatic heterocycles. The van der Waals surface area contributed by atoms with E-state index in [0.717, 1.165) is 29.1 Å². The lowest BCUT2D eigenvalue weighted by Gasteiger charge is -2.34. The molecule has 33 heteroatoms. The molecule has 3 fully saturated rings. The van der Waals surface area contributed by atoms with Crippen molar-refractivity contribution in [1.82, 2.24) is 52.3 Å². The molecule has 1 aromatic rings. The van der Waals surface area contributed by atoms with Crippen molar-refractivity contribution in [2.45, 2.75) is 222 Å². The number of nitrogens with zero attached hydrogens (tertiary/aromatic N) is 2. The second kappa shape index (κ2) is 37.9. The molecule has 2 saturated heterocycles. The van der Waals surface area contributed by atoms with E-state index in [2.05, 4.69) is 42.5 Å². The first-order valence-corrected chi connectivity index (χ1v) is 31.5. The van der Waals surface area contributed by atoms with Crippen LogP contribution in [0.1, 0.15) is 161 Å². The monoisotopic (exact) mass is 1330 g/mol. The number of aliphatic carboxylic acids is 6. The first kappa shape index (κ1) is 77.0. The second-order valence-electron chi connectivity index (χ2n) is 24.0. The van der Waals surface area contributed by atoms with Crippen LogP contribution in [0.2, 0.25) is 0 Å². The van der Waals surface area contributed by atoms with Crippen molar-refractivity contribution in [2.75, 3.05) is 13.1 Å². The summed E-state index contributed by atoms with van der Waals surface area (Å²) in [6, 6.07) is -9.48. The van der Waals surface area contributed by atoms with Crippen molar-refractivity contribution >= 4 is 94.9 Å². The molecule has 0 bridgehead atoms. The second-order valence-corrected chi connectivity index (χ2v) is 24.0. The van der Waals surface area contributed by atoms with Gasteiger partial charge in [-0.2, -0.15) is 0 Å². The van der Waals surface area contributed by atoms with Gasteiger partial charge in [-0.1, -0.05) is 64.5 Å². The standard InChI is InChI=1S/C61H88N10O23/c1-4-32(2)51(69-58(90)44-13-8-28-70(44)59(91)39(20-25-48(78)79)66-55(87)41(63-45(73)22-27-50(82)83)31-35-14-16-36(72)17-15-35)60(92)71-29-9-12-43(71)57(89)65-38(19-24-47(76)77)54(86)64-37(18-23-46(74)75)53(85)62-33(3)52(84)68-42(30-34-10-6-5-7-11-34)56(88)67-40(61(93)94)21-26-49(80)81/h14-17,32-34,37-44,51,72H,4-13,18-31H2,1-3H3,(H,62,85)(H,63,73)(H,64,86)(H,65,89)(H,66,87)(H,67,88)(H,68,84)(H,69,90)(H,74,75)(H,76,77)(H,78,79)(H,80,81)(H,82,83)(H,93,94)/t32-,33-,37-,38-,39-,40+,41-,42-,43-,44-,51-/m0/s1. The number of likely N-dealkylation sites (tertiary alicyclic amines) is 2. The number of aromatic hydroxyl groups is 1. The molecule has 11 atom stereocenters. The summed E-state index contributed by atoms with van der Waals surface area (Å²) in [5, 5.41) is 86.3. The van der Waals surface area contributed by atoms with Crippen molar-refractivity contribution in [2.24, 2.45) is 11.8 Å². The highest BCUT2D eigenvalue weighted by Crippen LogP contribution is 2.28. The molecule has 0 spiro atoms. The highest BCUT2D eigenvalue weighted by molar-refractivity contribution is 5.99. The third-order valence-corrected chi connectivity index (χ3v) is 16.8. The van der Waals surface area contributed by atoms with E-state index >= 15 is 0 Å². The lowest BCUT2D eigenvalue weighted by atomic mass is 9.84. The lowest BCUT2D eigenvalue weighted by molar-refractivity contribution is -0.146. The fourth-order valence-electron chi connectivity index (χ4n) is 11.4. The Morgan fingerprint density at radius 2 is 0.883 bits per heavy atom. The minimum atomic E-state index is -1.76. The topological polar surface area (TPSA) is 517 Å². The van der Waals surface area contributed by atoms with Gasteiger partial charge in [0.2, 0.25) is 59.1 Å². The molecule has 0 unspecified atom stereocenters. The predicted octanol–water partition coefficient (Wildman–Crippen LogP) is -0.760. The van der Waals surface area contributed by atoms with Crippen molar-refractivity contribution in [3.8, 4) is 5.75 Å². The van der Waals surface area contributed by atoms with Crippen LogP contribution in [0.3, 0.4) is 0 Å². The first-order chi connectivity index (χ1) is 44.4. The molecule has 520 valence electrons. The Bertz CT molecular complexity index is 2920. The minimum absolute atomic E-state index is 0.000184. The fraction of sp³-hybridized carbons (Fsp3) is 0.639. The van der Waals surface area contributed by atoms with Crippen molar-refractivity contribution < 1.29 is 112 Å². The molecule has 4 rings (SSSR count). The molecule has 1 aliphatic carbocycles. The van der Waals surface area contributed by atoms with E-state index in [1.165, 1.54) is 31.2 Å². The molecule has 1 saturated carbocycles. The Hall–Kier alpha value is -9.46. The molecular weight excluding hydrogens is 1240 g/mol. The van der Waals surface area contributed by atoms with E-state index in [1.807, 2.05) is 0 Å². The number of benzene rings is 1. The third kappa shape index (κ3) is 25.2. The van der Waals surface area contributed by atoms with Crippen LogP contribution in [0.4, 0.5) is 0 Å². The minimum Gasteiger partial charge on any atom is -0.508 e. The normalized spacial score (nSPS) is 18.3. The number of carbonyl (C=O) groups excluding carboxylic acids is 10. The summed E-state index contributed by atoms with van der Waals surface area (Å²) in [7, 11) is 0. The van der Waals surface area contributed by atoms with Gasteiger partial charge in [0.25, 0.3) is 0 Å². The number of carboxylic acid groups (broad SMARTS) is 6. The van der Waals surface area contributed by atoms with Gasteiger partial charge in [0.15, 0.2) is 0 Å². The highest BCUT2D eigenvalue weighted by atomic mass is 16.4. The van der Waals surface area contributed by atoms with Crippen LogP contribution in [-0.4, -0.2) is 214 Å². The number of carbonyl (C=O) groups is 16. The number of hydrogen-bond donors (Lipinski definition) is 15. The van der Waals surface area contributed by atoms with Gasteiger partial charge in [0.1, 0.15) is 66.2 Å². The largest absolute Gasteiger partial charge is 0.508 e. The Labute approximate surface area is 541 Å². The molecule has 10 amide bonds. The van der Waals surface area contributed by atoms with Crippen molar-refractivity contribution in [3.63, 3.8) is 0 Å². The van der Waals surface area contributed by atoms with Gasteiger partial charge in [-0.3, -0.25) is 71.9 Å². The fourth-order valence-corrected chi connectivity index (χ4v) is 11.4. The maximum Gasteiger partial charge on any atom is 0.326 e. The summed E-state index contributed by atoms with van der Waals surface area (Å²) in [5.41, 5.74) is 0.426. The number of amides is 10. The quantitative estimate of drug-likeness (QED) is 0.0385. The van der Waals surface area contributed by atoms with E-state index in [-0.39, 0.29) is 69.7 Å². The number of carboxylic acids is 6. The molecule has 15 N–H and O–H groups in total. The Morgan fingerprint density at radius 3 is 1.40 bits per heavy atom. The summed E-state index contributed by atoms with van der Waals surface area (Å²) in [6.45, 7) is 4.44. The number of nitrogens with one attached hydrogen (secondary N) is 8. The van der Waals surface area contributed by atoms with Crippen LogP contribution in [0.5, 0.6) is 5.75 Å². The molecule has 94 heavy (non-hydrogen) atoms. The van der Waals surface area contributed by atoms with Gasteiger partial charge < -0.3 is 88.1 Å². The smallest absolute Gasteiger partial charge is 0.326 e. The van der Waals surface area contributed by atoms with E-state index in [9.17, 15) is 102 Å². The number of hydrogen-bond acceptors (Lipinski definition) is 17. The molecule has 1 aromatic carbocycles. The van der Waals surface area contributed by atoms with Crippen molar-refractivity contribution in [3.05, 3.63) is 29.8 Å². The molecule has 0 aromatic heterocycles. The SMILES string of the molecule is CC[C@H](C)[C@H](NC(=O)[C@@H]1CCCN1C(=O)[C@H](CCC(=O)O)NC(=O)[C@H](Cc1ccc(O)cc1)NC(=O)CCC(=O)O)C(=O)N1CCC[C@H]1C(=O)N[C@@H](CCC(=O)O)C(=O)N[C@@H](CCC(=O)O)C(=O)N[C@@H](C)C(=O)N[C@@H](CC1CCCCC1)C(=O)N[C@H](CCC(=O)O)C(=O)O. The lowest BCUT2D eigenvalue weighted by Crippen LogP contribution is -2.61. The summed E-state index contributed by atoms with van der Waals surface area (Å²) in [4.78, 5) is 212. The highest BCUT2D eigenvalue weighted by Gasteiger charge is 2.44. The first-order valence-electron chi connectivity index (χ1n) is 31.5. The van der Waals surface area contributed by atoms with Crippen LogP contribution in [-0.2, 0) is 83.1 Å². The van der Waals surface area contributed by atoms with E-state index < -0.39 is 225 Å². The Balaban J connectivity index is 1.52. The van der Waals surface area contributed by atoms with Gasteiger partial charge in [-0.15, -0.1) is 0 Å². The zero-order chi connectivity index (χ0) is 69.9. The predicted molar refractivity (Wildman–Crippen MR) is 325 cm³/mol. The van der Waals surface area contributed by atoms with Gasteiger partial charge in [0.05, 0.1) is 6.42 Å². The molecular formula is C61H88N10O23. The maximum atomic E-state index is 14.7. The number of phenols is 1. The number of rotatable bonds is 39. The molecule has 0 radical (unpaired) electrons. The summed E-state index contributed by atoms with van der Waals surface area (Å²) in [5.74, 6) is -18.5. The van der Waals surface area contributed by atoms with E-state index in [0.29, 0.717) is 18.4 Å². The summed E-state index contributed by atoms with van der Waals surface area (Å²) in [6.07, 6.45) is -1.39. The third-order valence-electron chi connectivity index (χ3n) is 16.8. The molecule has 33 nitrogen and oxygen atoms in total. The summed E-state index contributed by atoms with van der Waals surface area (Å²) >= 11 is 0. The zero-order valence-corrected chi connectivity index (χ0v) is 52.8. The summed E-state index contributed by atoms with van der Waals surface area (Å²) < 4.78 is 0. The average molecular weight is 1330 g/mol. The van der Waals surface area contributed by atoms with Crippen LogP contribution >= 0.6 is 0 Å². The van der Waals surface area contributed by atoms with Gasteiger partial charge >= 0.3 is 35.8 Å². The van der Waals surface area contributed by atoms with Crippen LogP contribution in [0, 0.1) is 11.8 Å². The van der Waals surface area contributed by atoms with Crippen molar-refractivity contribution in [1.29, 1.82) is 0 Å². The maximum absolute atomic E-state index is 14.7. The Morgan fingerprint density at radius 1 is 0.447 bits per heavy atom.